The fraction of sp³-hybridized carbons (Fsp3) is 0.500. The molecule has 82 valence electrons. The van der Waals surface area contributed by atoms with Crippen LogP contribution in [0.15, 0.2) is 12.2 Å². The lowest BCUT2D eigenvalue weighted by atomic mass is 9.73. The van der Waals surface area contributed by atoms with Crippen molar-refractivity contribution in [3.05, 3.63) is 12.2 Å². The summed E-state index contributed by atoms with van der Waals surface area (Å²) in [5.74, 6) is -5.96. The third-order valence-electron chi connectivity index (χ3n) is 2.68. The van der Waals surface area contributed by atoms with E-state index in [0.29, 0.717) is 0 Å². The molecule has 0 bridgehead atoms. The molecule has 0 aromatic heterocycles. The molecule has 2 atom stereocenters. The van der Waals surface area contributed by atoms with E-state index in [2.05, 4.69) is 4.74 Å². The van der Waals surface area contributed by atoms with Gasteiger partial charge in [-0.3, -0.25) is 0 Å². The molecule has 1 fully saturated rings. The monoisotopic (exact) mass is 216 g/mol. The standard InChI is InChI=1S/C8H8O7/c9-4-6(11)2-1-3-7(12,13)8(6,14)5(10)15-4/h1-2,11-14H,3H2. The van der Waals surface area contributed by atoms with Gasteiger partial charge in [0.2, 0.25) is 11.4 Å². The molecule has 7 heteroatoms. The highest BCUT2D eigenvalue weighted by Crippen LogP contribution is 2.44. The van der Waals surface area contributed by atoms with Gasteiger partial charge in [-0.2, -0.15) is 0 Å². The van der Waals surface area contributed by atoms with Gasteiger partial charge in [0.05, 0.1) is 0 Å². The van der Waals surface area contributed by atoms with Crippen molar-refractivity contribution in [1.29, 1.82) is 0 Å². The molecule has 0 saturated carbocycles. The van der Waals surface area contributed by atoms with Crippen LogP contribution >= 0.6 is 0 Å². The summed E-state index contributed by atoms with van der Waals surface area (Å²) >= 11 is 0. The predicted molar refractivity (Wildman–Crippen MR) is 41.9 cm³/mol. The van der Waals surface area contributed by atoms with E-state index in [9.17, 15) is 30.0 Å². The number of fused-ring (bicyclic) bond motifs is 1. The van der Waals surface area contributed by atoms with E-state index < -0.39 is 35.3 Å². The third-order valence-corrected chi connectivity index (χ3v) is 2.68. The number of carbonyl (C=O) groups is 2. The fourth-order valence-corrected chi connectivity index (χ4v) is 1.74. The number of hydrogen-bond acceptors (Lipinski definition) is 7. The van der Waals surface area contributed by atoms with E-state index in [1.807, 2.05) is 0 Å². The second-order valence-electron chi connectivity index (χ2n) is 3.58. The topological polar surface area (TPSA) is 124 Å². The Kier molecular flexibility index (Phi) is 1.67. The van der Waals surface area contributed by atoms with Crippen LogP contribution < -0.4 is 0 Å². The van der Waals surface area contributed by atoms with Crippen molar-refractivity contribution in [3.8, 4) is 0 Å². The van der Waals surface area contributed by atoms with Gasteiger partial charge in [-0.15, -0.1) is 0 Å². The minimum absolute atomic E-state index is 0.506. The molecule has 2 rings (SSSR count). The average molecular weight is 216 g/mol. The van der Waals surface area contributed by atoms with Crippen LogP contribution in [0, 0.1) is 0 Å². The van der Waals surface area contributed by atoms with Gasteiger partial charge in [0.1, 0.15) is 0 Å². The molecule has 0 spiro atoms. The van der Waals surface area contributed by atoms with Gasteiger partial charge in [-0.05, 0) is 6.08 Å². The largest absolute Gasteiger partial charge is 0.388 e. The molecule has 0 aromatic carbocycles. The molecule has 4 N–H and O–H groups in total. The molecule has 1 aliphatic heterocycles. The predicted octanol–water partition coefficient (Wildman–Crippen LogP) is -2.83. The molecule has 0 radical (unpaired) electrons. The normalized spacial score (nSPS) is 42.7. The molecule has 2 unspecified atom stereocenters. The summed E-state index contributed by atoms with van der Waals surface area (Å²) in [6, 6.07) is 0. The molecule has 1 saturated heterocycles. The summed E-state index contributed by atoms with van der Waals surface area (Å²) in [6.07, 6.45) is 1.37. The Morgan fingerprint density at radius 2 is 1.73 bits per heavy atom. The maximum absolute atomic E-state index is 11.2. The van der Waals surface area contributed by atoms with Crippen LogP contribution in [0.5, 0.6) is 0 Å². The summed E-state index contributed by atoms with van der Waals surface area (Å²) in [6.45, 7) is 0. The second kappa shape index (κ2) is 2.45. The van der Waals surface area contributed by atoms with Gasteiger partial charge in [0.15, 0.2) is 0 Å². The minimum atomic E-state index is -3.08. The van der Waals surface area contributed by atoms with E-state index in [0.717, 1.165) is 12.2 Å². The molecule has 2 aliphatic rings. The average Bonchev–Trinajstić information content (AvgIpc) is 2.28. The Morgan fingerprint density at radius 1 is 1.13 bits per heavy atom. The highest BCUT2D eigenvalue weighted by Gasteiger charge is 2.76. The zero-order valence-electron chi connectivity index (χ0n) is 7.38. The highest BCUT2D eigenvalue weighted by molar-refractivity contribution is 6.07. The number of rotatable bonds is 0. The van der Waals surface area contributed by atoms with Crippen LogP contribution in [0.1, 0.15) is 6.42 Å². The maximum atomic E-state index is 11.2. The Balaban J connectivity index is 2.69. The van der Waals surface area contributed by atoms with E-state index in [-0.39, 0.29) is 0 Å². The zero-order chi connectivity index (χ0) is 11.5. The fourth-order valence-electron chi connectivity index (χ4n) is 1.74. The Hall–Kier alpha value is -1.28. The third kappa shape index (κ3) is 0.882. The van der Waals surface area contributed by atoms with Crippen molar-refractivity contribution in [2.75, 3.05) is 0 Å². The van der Waals surface area contributed by atoms with Crippen LogP contribution in [0.4, 0.5) is 0 Å². The molecule has 1 aliphatic carbocycles. The number of hydrogen-bond donors (Lipinski definition) is 4. The lowest BCUT2D eigenvalue weighted by Gasteiger charge is -2.41. The molecule has 15 heavy (non-hydrogen) atoms. The summed E-state index contributed by atoms with van der Waals surface area (Å²) in [7, 11) is 0. The number of ether oxygens (including phenoxy) is 1. The van der Waals surface area contributed by atoms with E-state index in [1.165, 1.54) is 0 Å². The van der Waals surface area contributed by atoms with Crippen LogP contribution in [0.25, 0.3) is 0 Å². The number of carbonyl (C=O) groups excluding carboxylic acids is 2. The molecule has 0 aromatic rings. The second-order valence-corrected chi connectivity index (χ2v) is 3.58. The van der Waals surface area contributed by atoms with Crippen molar-refractivity contribution in [3.63, 3.8) is 0 Å². The van der Waals surface area contributed by atoms with E-state index in [4.69, 9.17) is 0 Å². The van der Waals surface area contributed by atoms with Gasteiger partial charge < -0.3 is 25.2 Å². The van der Waals surface area contributed by atoms with Crippen molar-refractivity contribution < 1.29 is 34.8 Å². The number of aliphatic hydroxyl groups is 4. The molecular formula is C8H8O7. The van der Waals surface area contributed by atoms with Gasteiger partial charge in [-0.1, -0.05) is 6.08 Å². The van der Waals surface area contributed by atoms with Crippen LogP contribution in [0.3, 0.4) is 0 Å². The first-order valence-electron chi connectivity index (χ1n) is 4.09. The summed E-state index contributed by atoms with van der Waals surface area (Å²) in [5.41, 5.74) is -5.82. The van der Waals surface area contributed by atoms with E-state index >= 15 is 0 Å². The summed E-state index contributed by atoms with van der Waals surface area (Å²) in [4.78, 5) is 22.3. The van der Waals surface area contributed by atoms with Gasteiger partial charge in [-0.25, -0.2) is 9.59 Å². The Labute approximate surface area is 83.2 Å². The maximum Gasteiger partial charge on any atom is 0.355 e. The van der Waals surface area contributed by atoms with Gasteiger partial charge in [0, 0.05) is 6.42 Å². The first kappa shape index (κ1) is 10.2. The van der Waals surface area contributed by atoms with Crippen LogP contribution in [-0.4, -0.2) is 49.4 Å². The molecule has 0 amide bonds. The Morgan fingerprint density at radius 3 is 2.27 bits per heavy atom. The first-order valence-corrected chi connectivity index (χ1v) is 4.09. The SMILES string of the molecule is O=C1OC(=O)C2(O)C(O)(O)CC=CC12O. The smallest absolute Gasteiger partial charge is 0.355 e. The minimum Gasteiger partial charge on any atom is -0.388 e. The quantitative estimate of drug-likeness (QED) is 0.149. The van der Waals surface area contributed by atoms with Crippen molar-refractivity contribution in [2.24, 2.45) is 0 Å². The summed E-state index contributed by atoms with van der Waals surface area (Å²) < 4.78 is 4.00. The summed E-state index contributed by atoms with van der Waals surface area (Å²) in [5, 5.41) is 38.2. The Bertz CT molecular complexity index is 384. The van der Waals surface area contributed by atoms with Gasteiger partial charge in [0.25, 0.3) is 5.60 Å². The first-order chi connectivity index (χ1) is 6.76. The number of esters is 2. The molecule has 1 heterocycles. The lowest BCUT2D eigenvalue weighted by Crippen LogP contribution is -2.70. The van der Waals surface area contributed by atoms with Crippen LogP contribution in [-0.2, 0) is 14.3 Å². The highest BCUT2D eigenvalue weighted by atomic mass is 16.6. The molecular weight excluding hydrogens is 208 g/mol. The molecule has 7 nitrogen and oxygen atoms in total. The van der Waals surface area contributed by atoms with Crippen LogP contribution in [0.2, 0.25) is 0 Å². The van der Waals surface area contributed by atoms with Crippen molar-refractivity contribution in [2.45, 2.75) is 23.4 Å². The van der Waals surface area contributed by atoms with Crippen molar-refractivity contribution in [1.82, 2.24) is 0 Å². The van der Waals surface area contributed by atoms with E-state index in [1.54, 1.807) is 0 Å². The number of cyclic esters (lactones) is 2. The zero-order valence-corrected chi connectivity index (χ0v) is 7.38. The van der Waals surface area contributed by atoms with Gasteiger partial charge >= 0.3 is 11.9 Å². The lowest BCUT2D eigenvalue weighted by molar-refractivity contribution is -0.295. The van der Waals surface area contributed by atoms with Crippen molar-refractivity contribution >= 4 is 11.9 Å².